The van der Waals surface area contributed by atoms with Gasteiger partial charge in [0.15, 0.2) is 0 Å². The van der Waals surface area contributed by atoms with E-state index >= 15 is 0 Å². The van der Waals surface area contributed by atoms with Crippen LogP contribution in [0.1, 0.15) is 58.5 Å². The Hall–Kier alpha value is -4.20. The summed E-state index contributed by atoms with van der Waals surface area (Å²) in [6.07, 6.45) is 3.31. The summed E-state index contributed by atoms with van der Waals surface area (Å²) in [6, 6.07) is 20.3. The zero-order chi connectivity index (χ0) is 24.8. The molecule has 8 heteroatoms. The lowest BCUT2D eigenvalue weighted by Gasteiger charge is -2.31. The fourth-order valence-electron chi connectivity index (χ4n) is 4.24. The van der Waals surface area contributed by atoms with Crippen molar-refractivity contribution in [2.45, 2.75) is 32.2 Å². The predicted octanol–water partition coefficient (Wildman–Crippen LogP) is 5.33. The number of benzene rings is 3. The van der Waals surface area contributed by atoms with Crippen LogP contribution in [0.25, 0.3) is 0 Å². The van der Waals surface area contributed by atoms with Crippen LogP contribution >= 0.6 is 0 Å². The number of non-ortho nitro benzene ring substituents is 1. The molecule has 2 N–H and O–H groups in total. The van der Waals surface area contributed by atoms with Gasteiger partial charge < -0.3 is 15.5 Å². The molecule has 3 aromatic rings. The van der Waals surface area contributed by atoms with Gasteiger partial charge >= 0.3 is 0 Å². The van der Waals surface area contributed by atoms with E-state index in [-0.39, 0.29) is 17.6 Å². The molecule has 180 valence electrons. The van der Waals surface area contributed by atoms with E-state index in [4.69, 9.17) is 0 Å². The molecular formula is C27H28N4O4. The summed E-state index contributed by atoms with van der Waals surface area (Å²) in [5.74, 6) is -0.622. The van der Waals surface area contributed by atoms with Crippen molar-refractivity contribution in [3.8, 4) is 0 Å². The fraction of sp³-hybridized carbons (Fsp3) is 0.259. The maximum atomic E-state index is 13.4. The van der Waals surface area contributed by atoms with Crippen LogP contribution in [0.4, 0.5) is 17.1 Å². The molecule has 0 aliphatic carbocycles. The van der Waals surface area contributed by atoms with Gasteiger partial charge in [0.05, 0.1) is 16.5 Å². The summed E-state index contributed by atoms with van der Waals surface area (Å²) in [5.41, 5.74) is 3.03. The number of anilines is 2. The Labute approximate surface area is 204 Å². The van der Waals surface area contributed by atoms with Crippen molar-refractivity contribution in [1.29, 1.82) is 0 Å². The third kappa shape index (κ3) is 5.84. The number of nitro groups is 1. The topological polar surface area (TPSA) is 105 Å². The second-order valence-electron chi connectivity index (χ2n) is 8.64. The van der Waals surface area contributed by atoms with E-state index in [0.717, 1.165) is 37.2 Å². The lowest BCUT2D eigenvalue weighted by Crippen LogP contribution is -2.33. The summed E-state index contributed by atoms with van der Waals surface area (Å²) in [4.78, 5) is 38.7. The maximum absolute atomic E-state index is 13.4. The van der Waals surface area contributed by atoms with E-state index < -0.39 is 10.8 Å². The molecule has 1 atom stereocenters. The van der Waals surface area contributed by atoms with Crippen molar-refractivity contribution in [2.75, 3.05) is 23.3 Å². The summed E-state index contributed by atoms with van der Waals surface area (Å²) >= 11 is 0. The Morgan fingerprint density at radius 3 is 2.26 bits per heavy atom. The maximum Gasteiger partial charge on any atom is 0.269 e. The van der Waals surface area contributed by atoms with Crippen LogP contribution in [0.2, 0.25) is 0 Å². The zero-order valence-corrected chi connectivity index (χ0v) is 19.6. The smallest absolute Gasteiger partial charge is 0.269 e. The summed E-state index contributed by atoms with van der Waals surface area (Å²) in [6.45, 7) is 3.69. The van der Waals surface area contributed by atoms with Crippen LogP contribution in [-0.2, 0) is 0 Å². The third-order valence-corrected chi connectivity index (χ3v) is 6.18. The second-order valence-corrected chi connectivity index (χ2v) is 8.64. The highest BCUT2D eigenvalue weighted by Gasteiger charge is 2.21. The normalized spacial score (nSPS) is 14.1. The number of rotatable bonds is 7. The first kappa shape index (κ1) is 23.9. The monoisotopic (exact) mass is 472 g/mol. The number of hydrogen-bond acceptors (Lipinski definition) is 5. The number of hydrogen-bond donors (Lipinski definition) is 2. The molecule has 2 amide bonds. The van der Waals surface area contributed by atoms with E-state index in [1.807, 2.05) is 43.3 Å². The Morgan fingerprint density at radius 2 is 1.60 bits per heavy atom. The van der Waals surface area contributed by atoms with Crippen LogP contribution in [0.5, 0.6) is 0 Å². The lowest BCUT2D eigenvalue weighted by molar-refractivity contribution is -0.384. The number of piperidine rings is 1. The highest BCUT2D eigenvalue weighted by Crippen LogP contribution is 2.28. The third-order valence-electron chi connectivity index (χ3n) is 6.18. The molecule has 4 rings (SSSR count). The standard InChI is InChI=1S/C27H28N4O4/c1-19(20-8-4-2-5-9-20)28-27(33)24-18-22(12-15-25(24)30-16-6-3-7-17-30)29-26(32)21-10-13-23(14-11-21)31(34)35/h2,4-5,8-15,18-19H,3,6-7,16-17H2,1H3,(H,28,33)(H,29,32). The van der Waals surface area contributed by atoms with Crippen molar-refractivity contribution < 1.29 is 14.5 Å². The lowest BCUT2D eigenvalue weighted by atomic mass is 10.0. The van der Waals surface area contributed by atoms with Gasteiger partial charge in [-0.2, -0.15) is 0 Å². The molecule has 0 radical (unpaired) electrons. The molecule has 1 saturated heterocycles. The van der Waals surface area contributed by atoms with Crippen molar-refractivity contribution in [2.24, 2.45) is 0 Å². The Kier molecular flexibility index (Phi) is 7.40. The first-order valence-corrected chi connectivity index (χ1v) is 11.7. The van der Waals surface area contributed by atoms with Gasteiger partial charge in [0, 0.05) is 42.2 Å². The molecule has 1 heterocycles. The molecule has 1 unspecified atom stereocenters. The van der Waals surface area contributed by atoms with Crippen LogP contribution in [0, 0.1) is 10.1 Å². The quantitative estimate of drug-likeness (QED) is 0.357. The van der Waals surface area contributed by atoms with E-state index in [2.05, 4.69) is 15.5 Å². The molecule has 1 aliphatic rings. The molecule has 0 spiro atoms. The largest absolute Gasteiger partial charge is 0.371 e. The number of nitro benzene ring substituents is 1. The number of carbonyl (C=O) groups excluding carboxylic acids is 2. The minimum atomic E-state index is -0.512. The number of nitrogens with one attached hydrogen (secondary N) is 2. The van der Waals surface area contributed by atoms with E-state index in [0.29, 0.717) is 16.8 Å². The average molecular weight is 473 g/mol. The molecule has 0 aromatic heterocycles. The second kappa shape index (κ2) is 10.8. The van der Waals surface area contributed by atoms with E-state index in [1.54, 1.807) is 12.1 Å². The van der Waals surface area contributed by atoms with Crippen molar-refractivity contribution in [1.82, 2.24) is 5.32 Å². The van der Waals surface area contributed by atoms with Gasteiger partial charge in [-0.3, -0.25) is 19.7 Å². The molecule has 1 fully saturated rings. The van der Waals surface area contributed by atoms with Crippen LogP contribution in [-0.4, -0.2) is 29.8 Å². The van der Waals surface area contributed by atoms with Crippen LogP contribution in [0.3, 0.4) is 0 Å². The first-order valence-electron chi connectivity index (χ1n) is 11.7. The molecular weight excluding hydrogens is 444 g/mol. The summed E-state index contributed by atoms with van der Waals surface area (Å²) < 4.78 is 0. The molecule has 3 aromatic carbocycles. The number of amides is 2. The van der Waals surface area contributed by atoms with Crippen LogP contribution < -0.4 is 15.5 Å². The predicted molar refractivity (Wildman–Crippen MR) is 136 cm³/mol. The Morgan fingerprint density at radius 1 is 0.914 bits per heavy atom. The van der Waals surface area contributed by atoms with Gasteiger partial charge in [0.1, 0.15) is 0 Å². The molecule has 0 saturated carbocycles. The SMILES string of the molecule is CC(NC(=O)c1cc(NC(=O)c2ccc([N+](=O)[O-])cc2)ccc1N1CCCCC1)c1ccccc1. The van der Waals surface area contributed by atoms with Crippen molar-refractivity contribution in [3.05, 3.63) is 99.6 Å². The van der Waals surface area contributed by atoms with Gasteiger partial charge in [-0.25, -0.2) is 0 Å². The highest BCUT2D eigenvalue weighted by molar-refractivity contribution is 6.06. The molecule has 0 bridgehead atoms. The molecule has 8 nitrogen and oxygen atoms in total. The van der Waals surface area contributed by atoms with Gasteiger partial charge in [-0.15, -0.1) is 0 Å². The van der Waals surface area contributed by atoms with Crippen LogP contribution in [0.15, 0.2) is 72.8 Å². The van der Waals surface area contributed by atoms with Gasteiger partial charge in [-0.1, -0.05) is 30.3 Å². The minimum Gasteiger partial charge on any atom is -0.371 e. The van der Waals surface area contributed by atoms with Crippen molar-refractivity contribution >= 4 is 28.9 Å². The zero-order valence-electron chi connectivity index (χ0n) is 19.6. The summed E-state index contributed by atoms with van der Waals surface area (Å²) in [7, 11) is 0. The molecule has 1 aliphatic heterocycles. The van der Waals surface area contributed by atoms with Crippen molar-refractivity contribution in [3.63, 3.8) is 0 Å². The fourth-order valence-corrected chi connectivity index (χ4v) is 4.24. The Balaban J connectivity index is 1.58. The summed E-state index contributed by atoms with van der Waals surface area (Å²) in [5, 5.41) is 16.8. The van der Waals surface area contributed by atoms with E-state index in [1.165, 1.54) is 30.7 Å². The molecule has 35 heavy (non-hydrogen) atoms. The van der Waals surface area contributed by atoms with Gasteiger partial charge in [0.2, 0.25) is 0 Å². The average Bonchev–Trinajstić information content (AvgIpc) is 2.89. The first-order chi connectivity index (χ1) is 16.9. The highest BCUT2D eigenvalue weighted by atomic mass is 16.6. The number of carbonyl (C=O) groups is 2. The number of nitrogens with zero attached hydrogens (tertiary/aromatic N) is 2. The van der Waals surface area contributed by atoms with E-state index in [9.17, 15) is 19.7 Å². The van der Waals surface area contributed by atoms with Gasteiger partial charge in [-0.05, 0) is 62.1 Å². The Bertz CT molecular complexity index is 1210. The van der Waals surface area contributed by atoms with Gasteiger partial charge in [0.25, 0.3) is 17.5 Å². The minimum absolute atomic E-state index is 0.0843.